The van der Waals surface area contributed by atoms with Gasteiger partial charge in [-0.2, -0.15) is 0 Å². The van der Waals surface area contributed by atoms with E-state index in [0.717, 1.165) is 0 Å². The second-order valence-electron chi connectivity index (χ2n) is 7.58. The Balaban J connectivity index is 2.28. The fourth-order valence-electron chi connectivity index (χ4n) is 4.61. The summed E-state index contributed by atoms with van der Waals surface area (Å²) in [5.74, 6) is -3.43. The summed E-state index contributed by atoms with van der Waals surface area (Å²) in [6.45, 7) is 5.32. The Bertz CT molecular complexity index is 1380. The molecule has 33 heavy (non-hydrogen) atoms. The lowest BCUT2D eigenvalue weighted by atomic mass is 9.62. The van der Waals surface area contributed by atoms with Gasteiger partial charge < -0.3 is 0 Å². The van der Waals surface area contributed by atoms with E-state index in [4.69, 9.17) is 6.42 Å². The van der Waals surface area contributed by atoms with Crippen LogP contribution in [0.5, 0.6) is 0 Å². The van der Waals surface area contributed by atoms with Crippen molar-refractivity contribution in [3.05, 3.63) is 124 Å². The third-order valence-corrected chi connectivity index (χ3v) is 5.96. The molecule has 0 saturated heterocycles. The van der Waals surface area contributed by atoms with Gasteiger partial charge in [-0.05, 0) is 35.8 Å². The second-order valence-corrected chi connectivity index (χ2v) is 7.58. The normalized spacial score (nSPS) is 26.6. The Hall–Kier alpha value is -3.83. The summed E-state index contributed by atoms with van der Waals surface area (Å²) in [7, 11) is 0. The number of fused-ring (bicyclic) bond motifs is 1. The van der Waals surface area contributed by atoms with E-state index in [0.29, 0.717) is 22.3 Å². The summed E-state index contributed by atoms with van der Waals surface area (Å²) in [4.78, 5) is 0. The van der Waals surface area contributed by atoms with E-state index in [1.165, 1.54) is 18.2 Å². The number of terminal acetylenes is 1. The van der Waals surface area contributed by atoms with Crippen LogP contribution in [0.3, 0.4) is 0 Å². The molecule has 0 amide bonds. The van der Waals surface area contributed by atoms with Gasteiger partial charge >= 0.3 is 0 Å². The van der Waals surface area contributed by atoms with E-state index in [9.17, 15) is 13.2 Å². The molecule has 0 fully saturated rings. The van der Waals surface area contributed by atoms with Crippen LogP contribution in [-0.2, 0) is 5.41 Å². The molecule has 0 spiro atoms. The molecular weight excluding hydrogens is 431 g/mol. The molecule has 0 saturated carbocycles. The Kier molecular flexibility index (Phi) is 5.60. The average Bonchev–Trinajstić information content (AvgIpc) is 3.12. The van der Waals surface area contributed by atoms with Gasteiger partial charge in [-0.25, -0.2) is 22.0 Å². The van der Waals surface area contributed by atoms with Crippen molar-refractivity contribution in [2.45, 2.75) is 24.7 Å². The second kappa shape index (κ2) is 8.26. The maximum absolute atomic E-state index is 15.5. The van der Waals surface area contributed by atoms with Gasteiger partial charge in [0.05, 0.1) is 5.41 Å². The number of halogens is 5. The lowest BCUT2D eigenvalue weighted by molar-refractivity contribution is 0.173. The molecule has 3 unspecified atom stereocenters. The van der Waals surface area contributed by atoms with Crippen LogP contribution in [0.4, 0.5) is 22.0 Å². The third kappa shape index (κ3) is 3.00. The number of allylic oxidation sites excluding steroid dienone is 13. The highest BCUT2D eigenvalue weighted by Crippen LogP contribution is 2.59. The molecule has 0 nitrogen and oxygen atoms in total. The summed E-state index contributed by atoms with van der Waals surface area (Å²) >= 11 is 0. The minimum Gasteiger partial charge on any atom is -0.239 e. The van der Waals surface area contributed by atoms with Gasteiger partial charge in [-0.15, -0.1) is 6.42 Å². The van der Waals surface area contributed by atoms with E-state index < -0.39 is 40.8 Å². The molecule has 4 rings (SSSR count). The van der Waals surface area contributed by atoms with Gasteiger partial charge in [0.1, 0.15) is 0 Å². The maximum atomic E-state index is 15.5. The van der Waals surface area contributed by atoms with Crippen molar-refractivity contribution in [3.63, 3.8) is 0 Å². The summed E-state index contributed by atoms with van der Waals surface area (Å²) in [5.41, 5.74) is 4.86. The number of hydrogen-bond acceptors (Lipinski definition) is 0. The van der Waals surface area contributed by atoms with Gasteiger partial charge in [-0.3, -0.25) is 0 Å². The highest BCUT2D eigenvalue weighted by molar-refractivity contribution is 5.94. The predicted octanol–water partition coefficient (Wildman–Crippen LogP) is 7.33. The molecule has 3 atom stereocenters. The molecule has 0 heterocycles. The zero-order chi connectivity index (χ0) is 23.9. The smallest absolute Gasteiger partial charge is 0.193 e. The molecule has 0 aromatic heterocycles. The van der Waals surface area contributed by atoms with Gasteiger partial charge in [0.15, 0.2) is 29.8 Å². The van der Waals surface area contributed by atoms with Gasteiger partial charge in [0, 0.05) is 22.3 Å². The van der Waals surface area contributed by atoms with E-state index in [2.05, 4.69) is 24.0 Å². The van der Waals surface area contributed by atoms with Crippen LogP contribution in [0.25, 0.3) is 5.57 Å². The van der Waals surface area contributed by atoms with Crippen LogP contribution >= 0.6 is 0 Å². The highest BCUT2D eigenvalue weighted by Gasteiger charge is 2.56. The van der Waals surface area contributed by atoms with Gasteiger partial charge in [0.2, 0.25) is 0 Å². The maximum Gasteiger partial charge on any atom is 0.193 e. The highest BCUT2D eigenvalue weighted by atomic mass is 19.2. The van der Waals surface area contributed by atoms with E-state index in [1.807, 2.05) is 0 Å². The lowest BCUT2D eigenvalue weighted by Crippen LogP contribution is -2.41. The van der Waals surface area contributed by atoms with Crippen LogP contribution < -0.4 is 0 Å². The van der Waals surface area contributed by atoms with E-state index >= 15 is 8.78 Å². The van der Waals surface area contributed by atoms with Gasteiger partial charge in [-0.1, -0.05) is 66.5 Å². The number of hydrogen-bond donors (Lipinski definition) is 0. The van der Waals surface area contributed by atoms with Crippen LogP contribution in [0, 0.1) is 12.3 Å². The molecule has 0 N–H and O–H groups in total. The summed E-state index contributed by atoms with van der Waals surface area (Å²) < 4.78 is 74.1. The molecule has 0 aliphatic heterocycles. The monoisotopic (exact) mass is 448 g/mol. The number of benzene rings is 1. The first kappa shape index (κ1) is 22.4. The Morgan fingerprint density at radius 2 is 1.79 bits per heavy atom. The van der Waals surface area contributed by atoms with Crippen LogP contribution in [0.15, 0.2) is 112 Å². The van der Waals surface area contributed by atoms with Crippen molar-refractivity contribution in [2.75, 3.05) is 0 Å². The molecule has 3 aliphatic rings. The number of rotatable bonds is 4. The molecule has 1 aromatic rings. The van der Waals surface area contributed by atoms with Gasteiger partial charge in [0.25, 0.3) is 0 Å². The SMILES string of the molecule is C#CC1=C(/C=C\C)C(C2=C=C=C(C=C)C=C2)(C2=C(F)C(F)=C(F)C(F)C2F)c2ccccc21. The molecule has 1 aromatic carbocycles. The number of alkyl halides is 2. The summed E-state index contributed by atoms with van der Waals surface area (Å²) in [6, 6.07) is 6.54. The first-order chi connectivity index (χ1) is 15.8. The fraction of sp³-hybridized carbons (Fsp3) is 0.143. The quantitative estimate of drug-likeness (QED) is 0.257. The molecular formula is C28H17F5. The minimum absolute atomic E-state index is 0.147. The molecule has 5 heteroatoms. The standard InChI is InChI=1S/C28H17F5/c1-4-9-20-18(6-3)19-10-7-8-11-21(19)28(20,17-14-12-16(5-2)13-15-17)22-23(29)25(31)27(33)26(32)24(22)30/h3-5,7-12,14,23,25H,2H2,1H3/b9-4-. The van der Waals surface area contributed by atoms with Crippen molar-refractivity contribution in [1.29, 1.82) is 0 Å². The van der Waals surface area contributed by atoms with Crippen molar-refractivity contribution in [1.82, 2.24) is 0 Å². The topological polar surface area (TPSA) is 0 Å². The van der Waals surface area contributed by atoms with Crippen LogP contribution in [-0.4, -0.2) is 12.3 Å². The van der Waals surface area contributed by atoms with Crippen molar-refractivity contribution in [3.8, 4) is 12.3 Å². The van der Waals surface area contributed by atoms with Crippen molar-refractivity contribution in [2.24, 2.45) is 0 Å². The average molecular weight is 448 g/mol. The molecule has 0 radical (unpaired) electrons. The minimum atomic E-state index is -3.01. The summed E-state index contributed by atoms with van der Waals surface area (Å²) in [5, 5.41) is 0. The molecule has 164 valence electrons. The Morgan fingerprint density at radius 1 is 1.06 bits per heavy atom. The Morgan fingerprint density at radius 3 is 2.39 bits per heavy atom. The third-order valence-electron chi connectivity index (χ3n) is 5.96. The van der Waals surface area contributed by atoms with Crippen molar-refractivity contribution < 1.29 is 22.0 Å². The lowest BCUT2D eigenvalue weighted by Gasteiger charge is -2.39. The Labute approximate surface area is 188 Å². The van der Waals surface area contributed by atoms with Crippen molar-refractivity contribution >= 4 is 5.57 Å². The van der Waals surface area contributed by atoms with E-state index in [1.54, 1.807) is 43.3 Å². The van der Waals surface area contributed by atoms with Crippen LogP contribution in [0.1, 0.15) is 18.1 Å². The molecule has 0 bridgehead atoms. The zero-order valence-corrected chi connectivity index (χ0v) is 17.5. The fourth-order valence-corrected chi connectivity index (χ4v) is 4.61. The largest absolute Gasteiger partial charge is 0.239 e. The van der Waals surface area contributed by atoms with Crippen LogP contribution in [0.2, 0.25) is 0 Å². The summed E-state index contributed by atoms with van der Waals surface area (Å²) in [6.07, 6.45) is 7.70. The first-order valence-corrected chi connectivity index (χ1v) is 10.1. The predicted molar refractivity (Wildman–Crippen MR) is 119 cm³/mol. The molecule has 3 aliphatic carbocycles. The first-order valence-electron chi connectivity index (χ1n) is 10.1. The zero-order valence-electron chi connectivity index (χ0n) is 17.5. The van der Waals surface area contributed by atoms with E-state index in [-0.39, 0.29) is 11.1 Å².